The quantitative estimate of drug-likeness (QED) is 0.430. The highest BCUT2D eigenvalue weighted by Crippen LogP contribution is 2.23. The van der Waals surface area contributed by atoms with Crippen molar-refractivity contribution >= 4 is 0 Å². The second kappa shape index (κ2) is 2.14. The highest BCUT2D eigenvalue weighted by molar-refractivity contribution is 4.76. The summed E-state index contributed by atoms with van der Waals surface area (Å²) in [4.78, 5) is 0. The number of hydrogen-bond acceptors (Lipinski definition) is 5. The number of ether oxygens (including phenoxy) is 3. The Morgan fingerprint density at radius 1 is 1.40 bits per heavy atom. The predicted octanol–water partition coefficient (Wildman–Crippen LogP) is -1.64. The molecule has 10 heavy (non-hydrogen) atoms. The molecule has 2 heterocycles. The molecular weight excluding hydrogens is 138 g/mol. The fourth-order valence-corrected chi connectivity index (χ4v) is 1.08. The molecule has 2 aliphatic rings. The molecule has 2 saturated heterocycles. The summed E-state index contributed by atoms with van der Waals surface area (Å²) in [6.45, 7) is 0.361. The van der Waals surface area contributed by atoms with Crippen LogP contribution in [0, 0.1) is 0 Å². The van der Waals surface area contributed by atoms with Crippen LogP contribution in [-0.4, -0.2) is 36.6 Å². The van der Waals surface area contributed by atoms with Crippen molar-refractivity contribution in [2.75, 3.05) is 6.61 Å². The van der Waals surface area contributed by atoms with E-state index < -0.39 is 18.8 Å². The van der Waals surface area contributed by atoms with Gasteiger partial charge in [0.15, 0.2) is 18.8 Å². The largest absolute Gasteiger partial charge is 0.366 e. The molecule has 4 atom stereocenters. The molecule has 0 radical (unpaired) electrons. The van der Waals surface area contributed by atoms with Gasteiger partial charge in [-0.1, -0.05) is 0 Å². The number of fused-ring (bicyclic) bond motifs is 2. The van der Waals surface area contributed by atoms with Gasteiger partial charge in [-0.3, -0.25) is 0 Å². The average molecular weight is 147 g/mol. The highest BCUT2D eigenvalue weighted by Gasteiger charge is 2.42. The standard InChI is InChI=1S/C5H9NO4/c6-3-5-8-1-2(9-5)4(7)10-3/h2-5,7H,1,6H2/t2?,3?,4-,5-/m1/s1. The number of hydrogen-bond donors (Lipinski definition) is 2. The number of nitrogens with two attached hydrogens (primary N) is 1. The van der Waals surface area contributed by atoms with Gasteiger partial charge in [-0.05, 0) is 0 Å². The van der Waals surface area contributed by atoms with Crippen molar-refractivity contribution in [1.82, 2.24) is 0 Å². The minimum Gasteiger partial charge on any atom is -0.366 e. The Balaban J connectivity index is 2.09. The molecule has 2 bridgehead atoms. The maximum absolute atomic E-state index is 9.06. The molecule has 2 unspecified atom stereocenters. The highest BCUT2D eigenvalue weighted by atomic mass is 16.8. The van der Waals surface area contributed by atoms with Gasteiger partial charge in [-0.2, -0.15) is 0 Å². The Hall–Kier alpha value is -0.200. The minimum atomic E-state index is -0.936. The van der Waals surface area contributed by atoms with E-state index in [1.807, 2.05) is 0 Å². The second-order valence-electron chi connectivity index (χ2n) is 2.37. The average Bonchev–Trinajstić information content (AvgIpc) is 2.28. The van der Waals surface area contributed by atoms with E-state index in [9.17, 15) is 0 Å². The van der Waals surface area contributed by atoms with Gasteiger partial charge in [0, 0.05) is 0 Å². The number of aliphatic hydroxyl groups is 1. The van der Waals surface area contributed by atoms with Gasteiger partial charge in [-0.15, -0.1) is 0 Å². The fourth-order valence-electron chi connectivity index (χ4n) is 1.08. The molecule has 3 N–H and O–H groups in total. The van der Waals surface area contributed by atoms with Crippen molar-refractivity contribution in [2.45, 2.75) is 24.9 Å². The van der Waals surface area contributed by atoms with E-state index in [-0.39, 0.29) is 6.10 Å². The lowest BCUT2D eigenvalue weighted by molar-refractivity contribution is -0.279. The van der Waals surface area contributed by atoms with Crippen LogP contribution in [0.2, 0.25) is 0 Å². The maximum atomic E-state index is 9.06. The van der Waals surface area contributed by atoms with Crippen molar-refractivity contribution in [3.63, 3.8) is 0 Å². The maximum Gasteiger partial charge on any atom is 0.198 e. The first-order chi connectivity index (χ1) is 4.77. The van der Waals surface area contributed by atoms with Crippen molar-refractivity contribution in [3.8, 4) is 0 Å². The van der Waals surface area contributed by atoms with E-state index >= 15 is 0 Å². The Morgan fingerprint density at radius 3 is 3.00 bits per heavy atom. The fraction of sp³-hybridized carbons (Fsp3) is 1.00. The Bertz CT molecular complexity index is 128. The van der Waals surface area contributed by atoms with Crippen LogP contribution < -0.4 is 5.73 Å². The predicted molar refractivity (Wildman–Crippen MR) is 29.7 cm³/mol. The lowest BCUT2D eigenvalue weighted by atomic mass is 10.3. The van der Waals surface area contributed by atoms with Gasteiger partial charge in [0.05, 0.1) is 6.61 Å². The zero-order valence-corrected chi connectivity index (χ0v) is 5.27. The summed E-state index contributed by atoms with van der Waals surface area (Å²) < 4.78 is 15.0. The molecule has 2 rings (SSSR count). The zero-order chi connectivity index (χ0) is 7.14. The van der Waals surface area contributed by atoms with Crippen LogP contribution in [0.15, 0.2) is 0 Å². The van der Waals surface area contributed by atoms with E-state index in [1.54, 1.807) is 0 Å². The molecule has 58 valence electrons. The molecular formula is C5H9NO4. The van der Waals surface area contributed by atoms with Crippen molar-refractivity contribution in [3.05, 3.63) is 0 Å². The number of rotatable bonds is 0. The van der Waals surface area contributed by atoms with E-state index in [4.69, 9.17) is 25.1 Å². The van der Waals surface area contributed by atoms with Gasteiger partial charge in [-0.25, -0.2) is 0 Å². The molecule has 0 spiro atoms. The first-order valence-electron chi connectivity index (χ1n) is 3.13. The third-order valence-corrected chi connectivity index (χ3v) is 1.62. The van der Waals surface area contributed by atoms with Crippen molar-refractivity contribution in [2.24, 2.45) is 5.73 Å². The van der Waals surface area contributed by atoms with Crippen molar-refractivity contribution in [1.29, 1.82) is 0 Å². The third kappa shape index (κ3) is 0.834. The summed E-state index contributed by atoms with van der Waals surface area (Å²) in [5.41, 5.74) is 5.37. The van der Waals surface area contributed by atoms with Crippen LogP contribution in [0.4, 0.5) is 0 Å². The summed E-state index contributed by atoms with van der Waals surface area (Å²) >= 11 is 0. The smallest absolute Gasteiger partial charge is 0.198 e. The van der Waals surface area contributed by atoms with Crippen molar-refractivity contribution < 1.29 is 19.3 Å². The monoisotopic (exact) mass is 147 g/mol. The molecule has 0 aliphatic carbocycles. The van der Waals surface area contributed by atoms with Gasteiger partial charge >= 0.3 is 0 Å². The summed E-state index contributed by atoms with van der Waals surface area (Å²) in [5, 5.41) is 9.06. The lowest BCUT2D eigenvalue weighted by Crippen LogP contribution is -2.48. The van der Waals surface area contributed by atoms with Crippen LogP contribution in [-0.2, 0) is 14.2 Å². The van der Waals surface area contributed by atoms with E-state index in [2.05, 4.69) is 0 Å². The van der Waals surface area contributed by atoms with Crippen LogP contribution in [0.5, 0.6) is 0 Å². The minimum absolute atomic E-state index is 0.357. The summed E-state index contributed by atoms with van der Waals surface area (Å²) in [6.07, 6.45) is -2.44. The Morgan fingerprint density at radius 2 is 2.20 bits per heavy atom. The third-order valence-electron chi connectivity index (χ3n) is 1.62. The van der Waals surface area contributed by atoms with Gasteiger partial charge in [0.2, 0.25) is 0 Å². The normalized spacial score (nSPS) is 53.4. The molecule has 0 saturated carbocycles. The van der Waals surface area contributed by atoms with E-state index in [0.717, 1.165) is 0 Å². The molecule has 0 aromatic heterocycles. The molecule has 5 nitrogen and oxygen atoms in total. The first kappa shape index (κ1) is 6.51. The van der Waals surface area contributed by atoms with Gasteiger partial charge in [0.25, 0.3) is 0 Å². The molecule has 2 fully saturated rings. The van der Waals surface area contributed by atoms with Crippen LogP contribution >= 0.6 is 0 Å². The lowest BCUT2D eigenvalue weighted by Gasteiger charge is -2.28. The summed E-state index contributed by atoms with van der Waals surface area (Å²) in [7, 11) is 0. The zero-order valence-electron chi connectivity index (χ0n) is 5.27. The number of aliphatic hydroxyl groups excluding tert-OH is 1. The molecule has 0 aromatic carbocycles. The SMILES string of the molecule is NC1O[C@@H](O)C2CO[C@@H]1O2. The second-order valence-corrected chi connectivity index (χ2v) is 2.37. The molecule has 0 amide bonds. The van der Waals surface area contributed by atoms with E-state index in [1.165, 1.54) is 0 Å². The van der Waals surface area contributed by atoms with Crippen LogP contribution in [0.1, 0.15) is 0 Å². The van der Waals surface area contributed by atoms with Gasteiger partial charge in [0.1, 0.15) is 6.10 Å². The molecule has 2 aliphatic heterocycles. The first-order valence-corrected chi connectivity index (χ1v) is 3.13. The summed E-state index contributed by atoms with van der Waals surface area (Å²) in [6, 6.07) is 0. The summed E-state index contributed by atoms with van der Waals surface area (Å²) in [5.74, 6) is 0. The van der Waals surface area contributed by atoms with E-state index in [0.29, 0.717) is 6.61 Å². The van der Waals surface area contributed by atoms with Crippen LogP contribution in [0.25, 0.3) is 0 Å². The Kier molecular flexibility index (Phi) is 1.40. The van der Waals surface area contributed by atoms with Gasteiger partial charge < -0.3 is 25.1 Å². The molecule has 5 heteroatoms. The molecule has 0 aromatic rings. The van der Waals surface area contributed by atoms with Crippen LogP contribution in [0.3, 0.4) is 0 Å². The Labute approximate surface area is 57.7 Å². The topological polar surface area (TPSA) is 73.9 Å².